The fourth-order valence-electron chi connectivity index (χ4n) is 2.65. The van der Waals surface area contributed by atoms with Gasteiger partial charge in [-0.15, -0.1) is 11.3 Å². The highest BCUT2D eigenvalue weighted by atomic mass is 32.1. The van der Waals surface area contributed by atoms with Crippen molar-refractivity contribution in [2.45, 2.75) is 52.4 Å². The molecule has 21 heavy (non-hydrogen) atoms. The van der Waals surface area contributed by atoms with Crippen molar-refractivity contribution in [1.82, 2.24) is 0 Å². The Hall–Kier alpha value is -1.41. The Morgan fingerprint density at radius 3 is 2.38 bits per heavy atom. The molecular formula is C19H24OS. The Labute approximate surface area is 132 Å². The molecule has 0 aliphatic rings. The molecule has 0 unspecified atom stereocenters. The van der Waals surface area contributed by atoms with Crippen LogP contribution in [0.5, 0.6) is 0 Å². The third kappa shape index (κ3) is 5.13. The van der Waals surface area contributed by atoms with E-state index in [0.29, 0.717) is 6.42 Å². The number of hydrogen-bond donors (Lipinski definition) is 0. The first-order chi connectivity index (χ1) is 10.2. The summed E-state index contributed by atoms with van der Waals surface area (Å²) >= 11 is 1.89. The molecule has 0 amide bonds. The summed E-state index contributed by atoms with van der Waals surface area (Å²) in [5, 5.41) is 0. The van der Waals surface area contributed by atoms with Gasteiger partial charge in [-0.3, -0.25) is 4.79 Å². The molecule has 0 saturated heterocycles. The number of rotatable bonds is 8. The summed E-state index contributed by atoms with van der Waals surface area (Å²) in [7, 11) is 0. The summed E-state index contributed by atoms with van der Waals surface area (Å²) in [5.74, 6) is 0.278. The van der Waals surface area contributed by atoms with E-state index in [2.05, 4.69) is 19.9 Å². The van der Waals surface area contributed by atoms with Crippen LogP contribution in [0.15, 0.2) is 36.4 Å². The number of ketones is 1. The van der Waals surface area contributed by atoms with E-state index < -0.39 is 0 Å². The largest absolute Gasteiger partial charge is 0.294 e. The molecule has 0 atom stereocenters. The molecule has 0 aliphatic heterocycles. The van der Waals surface area contributed by atoms with Gasteiger partial charge in [-0.25, -0.2) is 0 Å². The summed E-state index contributed by atoms with van der Waals surface area (Å²) in [6.07, 6.45) is 6.48. The van der Waals surface area contributed by atoms with Crippen molar-refractivity contribution >= 4 is 17.1 Å². The standard InChI is InChI=1S/C19H24OS/c1-15-14-18(16(2)21-15)12-6-3-4-9-13-19(20)17-10-7-5-8-11-17/h5,7-8,10-11,14H,3-4,6,9,12-13H2,1-2H3. The summed E-state index contributed by atoms with van der Waals surface area (Å²) in [5.41, 5.74) is 2.36. The third-order valence-corrected chi connectivity index (χ3v) is 4.85. The predicted octanol–water partition coefficient (Wildman–Crippen LogP) is 5.74. The Kier molecular flexibility index (Phi) is 6.19. The second kappa shape index (κ2) is 8.14. The van der Waals surface area contributed by atoms with Crippen molar-refractivity contribution in [2.24, 2.45) is 0 Å². The van der Waals surface area contributed by atoms with Crippen molar-refractivity contribution < 1.29 is 4.79 Å². The fourth-order valence-corrected chi connectivity index (χ4v) is 3.63. The van der Waals surface area contributed by atoms with E-state index in [4.69, 9.17) is 0 Å². The highest BCUT2D eigenvalue weighted by Crippen LogP contribution is 2.22. The van der Waals surface area contributed by atoms with Crippen LogP contribution >= 0.6 is 11.3 Å². The Bertz CT molecular complexity index is 569. The first kappa shape index (κ1) is 16.0. The van der Waals surface area contributed by atoms with E-state index in [0.717, 1.165) is 18.4 Å². The van der Waals surface area contributed by atoms with Crippen molar-refractivity contribution in [3.8, 4) is 0 Å². The smallest absolute Gasteiger partial charge is 0.162 e. The summed E-state index contributed by atoms with van der Waals surface area (Å²) in [4.78, 5) is 14.8. The van der Waals surface area contributed by atoms with Crippen LogP contribution in [0, 0.1) is 13.8 Å². The van der Waals surface area contributed by atoms with Crippen LogP contribution in [0.4, 0.5) is 0 Å². The first-order valence-electron chi connectivity index (χ1n) is 7.81. The minimum Gasteiger partial charge on any atom is -0.294 e. The van der Waals surface area contributed by atoms with Gasteiger partial charge in [0.05, 0.1) is 0 Å². The lowest BCUT2D eigenvalue weighted by Crippen LogP contribution is -1.98. The predicted molar refractivity (Wildman–Crippen MR) is 91.4 cm³/mol. The van der Waals surface area contributed by atoms with Gasteiger partial charge in [0, 0.05) is 21.7 Å². The highest BCUT2D eigenvalue weighted by molar-refractivity contribution is 7.12. The molecule has 0 saturated carbocycles. The maximum atomic E-state index is 11.9. The molecule has 0 N–H and O–H groups in total. The number of benzene rings is 1. The second-order valence-corrected chi connectivity index (χ2v) is 7.10. The Morgan fingerprint density at radius 1 is 1.00 bits per heavy atom. The summed E-state index contributed by atoms with van der Waals surface area (Å²) in [6.45, 7) is 4.39. The summed E-state index contributed by atoms with van der Waals surface area (Å²) < 4.78 is 0. The molecule has 1 heterocycles. The van der Waals surface area contributed by atoms with Gasteiger partial charge in [0.2, 0.25) is 0 Å². The van der Waals surface area contributed by atoms with Crippen LogP contribution in [0.1, 0.15) is 57.8 Å². The lowest BCUT2D eigenvalue weighted by Gasteiger charge is -2.02. The van der Waals surface area contributed by atoms with E-state index in [1.807, 2.05) is 41.7 Å². The molecule has 0 bridgehead atoms. The molecule has 112 valence electrons. The lowest BCUT2D eigenvalue weighted by atomic mass is 10.0. The number of carbonyl (C=O) groups is 1. The molecule has 2 rings (SSSR count). The number of unbranched alkanes of at least 4 members (excludes halogenated alkanes) is 3. The van der Waals surface area contributed by atoms with Crippen LogP contribution in [0.2, 0.25) is 0 Å². The van der Waals surface area contributed by atoms with Crippen molar-refractivity contribution in [2.75, 3.05) is 0 Å². The normalized spacial score (nSPS) is 10.8. The van der Waals surface area contributed by atoms with Crippen LogP contribution in [0.3, 0.4) is 0 Å². The SMILES string of the molecule is Cc1cc(CCCCCCC(=O)c2ccccc2)c(C)s1. The van der Waals surface area contributed by atoms with E-state index in [1.54, 1.807) is 0 Å². The Balaban J connectivity index is 1.60. The van der Waals surface area contributed by atoms with Gasteiger partial charge in [-0.2, -0.15) is 0 Å². The zero-order chi connectivity index (χ0) is 15.1. The fraction of sp³-hybridized carbons (Fsp3) is 0.421. The van der Waals surface area contributed by atoms with Gasteiger partial charge in [-0.05, 0) is 44.7 Å². The third-order valence-electron chi connectivity index (χ3n) is 3.84. The van der Waals surface area contributed by atoms with E-state index >= 15 is 0 Å². The zero-order valence-corrected chi connectivity index (χ0v) is 13.8. The molecule has 1 nitrogen and oxygen atoms in total. The minimum absolute atomic E-state index is 0.278. The van der Waals surface area contributed by atoms with Crippen LogP contribution in [0.25, 0.3) is 0 Å². The molecule has 0 fully saturated rings. The monoisotopic (exact) mass is 300 g/mol. The van der Waals surface area contributed by atoms with Crippen molar-refractivity contribution in [3.63, 3.8) is 0 Å². The molecule has 1 aromatic carbocycles. The Morgan fingerprint density at radius 2 is 1.71 bits per heavy atom. The quantitative estimate of drug-likeness (QED) is 0.448. The lowest BCUT2D eigenvalue weighted by molar-refractivity contribution is 0.0979. The van der Waals surface area contributed by atoms with Crippen LogP contribution in [-0.2, 0) is 6.42 Å². The van der Waals surface area contributed by atoms with Crippen LogP contribution in [-0.4, -0.2) is 5.78 Å². The maximum Gasteiger partial charge on any atom is 0.162 e. The average molecular weight is 300 g/mol. The maximum absolute atomic E-state index is 11.9. The molecule has 0 aliphatic carbocycles. The molecular weight excluding hydrogens is 276 g/mol. The highest BCUT2D eigenvalue weighted by Gasteiger charge is 2.05. The topological polar surface area (TPSA) is 17.1 Å². The molecule has 0 spiro atoms. The average Bonchev–Trinajstić information content (AvgIpc) is 2.81. The molecule has 0 radical (unpaired) electrons. The van der Waals surface area contributed by atoms with E-state index in [9.17, 15) is 4.79 Å². The molecule has 2 aromatic rings. The van der Waals surface area contributed by atoms with Gasteiger partial charge in [0.25, 0.3) is 0 Å². The minimum atomic E-state index is 0.278. The van der Waals surface area contributed by atoms with Gasteiger partial charge < -0.3 is 0 Å². The van der Waals surface area contributed by atoms with Gasteiger partial charge in [-0.1, -0.05) is 43.2 Å². The van der Waals surface area contributed by atoms with E-state index in [1.165, 1.54) is 34.6 Å². The molecule has 1 aromatic heterocycles. The zero-order valence-electron chi connectivity index (χ0n) is 13.0. The number of aryl methyl sites for hydroxylation is 3. The second-order valence-electron chi connectivity index (χ2n) is 5.64. The molecule has 2 heteroatoms. The summed E-state index contributed by atoms with van der Waals surface area (Å²) in [6, 6.07) is 11.9. The number of thiophene rings is 1. The van der Waals surface area contributed by atoms with Crippen molar-refractivity contribution in [1.29, 1.82) is 0 Å². The number of hydrogen-bond acceptors (Lipinski definition) is 2. The first-order valence-corrected chi connectivity index (χ1v) is 8.62. The van der Waals surface area contributed by atoms with E-state index in [-0.39, 0.29) is 5.78 Å². The van der Waals surface area contributed by atoms with Gasteiger partial charge in [0.1, 0.15) is 0 Å². The number of Topliss-reactive ketones (excluding diaryl/α,β-unsaturated/α-hetero) is 1. The van der Waals surface area contributed by atoms with Crippen molar-refractivity contribution in [3.05, 3.63) is 57.3 Å². The number of carbonyl (C=O) groups excluding carboxylic acids is 1. The van der Waals surface area contributed by atoms with Crippen LogP contribution < -0.4 is 0 Å². The van der Waals surface area contributed by atoms with Gasteiger partial charge >= 0.3 is 0 Å². The van der Waals surface area contributed by atoms with Gasteiger partial charge in [0.15, 0.2) is 5.78 Å².